The van der Waals surface area contributed by atoms with Gasteiger partial charge in [-0.15, -0.1) is 0 Å². The van der Waals surface area contributed by atoms with Gasteiger partial charge in [-0.1, -0.05) is 20.3 Å². The summed E-state index contributed by atoms with van der Waals surface area (Å²) < 4.78 is 26.4. The van der Waals surface area contributed by atoms with Crippen molar-refractivity contribution in [1.82, 2.24) is 0 Å². The van der Waals surface area contributed by atoms with Crippen molar-refractivity contribution in [3.05, 3.63) is 0 Å². The molecular formula is C9H21NO3S. The maximum atomic E-state index is 10.6. The van der Waals surface area contributed by atoms with E-state index in [0.717, 1.165) is 12.8 Å². The third-order valence-corrected chi connectivity index (χ3v) is 2.76. The second-order valence-electron chi connectivity index (χ2n) is 3.69. The normalized spacial score (nSPS) is 14.2. The summed E-state index contributed by atoms with van der Waals surface area (Å²) in [6.07, 6.45) is 2.79. The van der Waals surface area contributed by atoms with Gasteiger partial charge < -0.3 is 4.74 Å². The minimum Gasteiger partial charge on any atom is -0.381 e. The lowest BCUT2D eigenvalue weighted by Crippen LogP contribution is -2.18. The van der Waals surface area contributed by atoms with Crippen molar-refractivity contribution in [3.8, 4) is 0 Å². The first-order valence-electron chi connectivity index (χ1n) is 5.04. The van der Waals surface area contributed by atoms with Gasteiger partial charge >= 0.3 is 0 Å². The molecule has 1 unspecified atom stereocenters. The van der Waals surface area contributed by atoms with Crippen LogP contribution >= 0.6 is 0 Å². The van der Waals surface area contributed by atoms with Crippen LogP contribution in [0.3, 0.4) is 0 Å². The molecule has 0 fully saturated rings. The molecule has 0 aromatic heterocycles. The number of primary sulfonamides is 1. The van der Waals surface area contributed by atoms with E-state index in [0.29, 0.717) is 25.6 Å². The zero-order valence-electron chi connectivity index (χ0n) is 9.03. The molecule has 0 heterocycles. The Morgan fingerprint density at radius 1 is 1.43 bits per heavy atom. The van der Waals surface area contributed by atoms with E-state index in [4.69, 9.17) is 9.88 Å². The maximum Gasteiger partial charge on any atom is 0.209 e. The lowest BCUT2D eigenvalue weighted by atomic mass is 10.1. The Morgan fingerprint density at radius 2 is 2.07 bits per heavy atom. The molecule has 0 rings (SSSR count). The van der Waals surface area contributed by atoms with Crippen molar-refractivity contribution >= 4 is 10.0 Å². The van der Waals surface area contributed by atoms with Gasteiger partial charge in [0, 0.05) is 13.2 Å². The van der Waals surface area contributed by atoms with Crippen molar-refractivity contribution in [2.24, 2.45) is 11.1 Å². The Labute approximate surface area is 86.9 Å². The highest BCUT2D eigenvalue weighted by Gasteiger charge is 2.03. The van der Waals surface area contributed by atoms with Crippen LogP contribution in [0.15, 0.2) is 0 Å². The van der Waals surface area contributed by atoms with Crippen LogP contribution in [0.4, 0.5) is 0 Å². The summed E-state index contributed by atoms with van der Waals surface area (Å²) in [4.78, 5) is 0. The van der Waals surface area contributed by atoms with Gasteiger partial charge in [0.2, 0.25) is 10.0 Å². The van der Waals surface area contributed by atoms with Gasteiger partial charge in [-0.2, -0.15) is 0 Å². The molecule has 0 bridgehead atoms. The van der Waals surface area contributed by atoms with Crippen molar-refractivity contribution in [2.45, 2.75) is 33.1 Å². The van der Waals surface area contributed by atoms with Crippen molar-refractivity contribution in [2.75, 3.05) is 19.0 Å². The van der Waals surface area contributed by atoms with E-state index in [1.54, 1.807) is 0 Å². The highest BCUT2D eigenvalue weighted by atomic mass is 32.2. The summed E-state index contributed by atoms with van der Waals surface area (Å²) in [5, 5.41) is 4.84. The summed E-state index contributed by atoms with van der Waals surface area (Å²) in [7, 11) is -3.32. The molecule has 0 aliphatic heterocycles. The molecule has 0 spiro atoms. The molecule has 0 saturated carbocycles. The largest absolute Gasteiger partial charge is 0.381 e. The van der Waals surface area contributed by atoms with Crippen molar-refractivity contribution in [3.63, 3.8) is 0 Å². The highest BCUT2D eigenvalue weighted by Crippen LogP contribution is 2.05. The summed E-state index contributed by atoms with van der Waals surface area (Å²) in [6, 6.07) is 0. The van der Waals surface area contributed by atoms with Crippen LogP contribution < -0.4 is 5.14 Å². The Morgan fingerprint density at radius 3 is 2.57 bits per heavy atom. The molecular weight excluding hydrogens is 202 g/mol. The first-order chi connectivity index (χ1) is 6.45. The zero-order chi connectivity index (χ0) is 11.0. The van der Waals surface area contributed by atoms with E-state index in [9.17, 15) is 8.42 Å². The molecule has 1 atom stereocenters. The summed E-state index contributed by atoms with van der Waals surface area (Å²) in [5.74, 6) is 0.560. The first-order valence-corrected chi connectivity index (χ1v) is 6.75. The number of hydrogen-bond donors (Lipinski definition) is 1. The first kappa shape index (κ1) is 13.9. The van der Waals surface area contributed by atoms with Crippen molar-refractivity contribution < 1.29 is 13.2 Å². The van der Waals surface area contributed by atoms with Gasteiger partial charge in [0.25, 0.3) is 0 Å². The predicted molar refractivity (Wildman–Crippen MR) is 57.5 cm³/mol. The van der Waals surface area contributed by atoms with Gasteiger partial charge in [0.05, 0.1) is 5.75 Å². The SMILES string of the molecule is CCCC(C)COCCCS(N)(=O)=O. The number of sulfonamides is 1. The smallest absolute Gasteiger partial charge is 0.209 e. The molecule has 2 N–H and O–H groups in total. The zero-order valence-corrected chi connectivity index (χ0v) is 9.85. The van der Waals surface area contributed by atoms with E-state index < -0.39 is 10.0 Å². The lowest BCUT2D eigenvalue weighted by molar-refractivity contribution is 0.103. The Bertz CT molecular complexity index is 226. The highest BCUT2D eigenvalue weighted by molar-refractivity contribution is 7.89. The molecule has 0 radical (unpaired) electrons. The van der Waals surface area contributed by atoms with Gasteiger partial charge in [-0.05, 0) is 18.8 Å². The average molecular weight is 223 g/mol. The Kier molecular flexibility index (Phi) is 7.13. The fourth-order valence-corrected chi connectivity index (χ4v) is 1.74. The molecule has 4 nitrogen and oxygen atoms in total. The van der Waals surface area contributed by atoms with Crippen LogP contribution in [0.5, 0.6) is 0 Å². The third kappa shape index (κ3) is 9.95. The third-order valence-electron chi connectivity index (χ3n) is 1.90. The Hall–Kier alpha value is -0.130. The summed E-state index contributed by atoms with van der Waals surface area (Å²) in [5.41, 5.74) is 0. The molecule has 0 aliphatic carbocycles. The number of rotatable bonds is 8. The predicted octanol–water partition coefficient (Wildman–Crippen LogP) is 1.12. The molecule has 5 heteroatoms. The van der Waals surface area contributed by atoms with Gasteiger partial charge in [-0.25, -0.2) is 13.6 Å². The van der Waals surface area contributed by atoms with Crippen molar-refractivity contribution in [1.29, 1.82) is 0 Å². The maximum absolute atomic E-state index is 10.6. The standard InChI is InChI=1S/C9H21NO3S/c1-3-5-9(2)8-13-6-4-7-14(10,11)12/h9H,3-8H2,1-2H3,(H2,10,11,12). The van der Waals surface area contributed by atoms with Gasteiger partial charge in [0.1, 0.15) is 0 Å². The van der Waals surface area contributed by atoms with Crippen LogP contribution in [0, 0.1) is 5.92 Å². The lowest BCUT2D eigenvalue weighted by Gasteiger charge is -2.10. The van der Waals surface area contributed by atoms with Crippen LogP contribution in [-0.4, -0.2) is 27.4 Å². The second kappa shape index (κ2) is 7.20. The van der Waals surface area contributed by atoms with Crippen LogP contribution in [0.25, 0.3) is 0 Å². The van der Waals surface area contributed by atoms with Gasteiger partial charge in [-0.3, -0.25) is 0 Å². The van der Waals surface area contributed by atoms with Crippen LogP contribution in [-0.2, 0) is 14.8 Å². The monoisotopic (exact) mass is 223 g/mol. The average Bonchev–Trinajstić information content (AvgIpc) is 2.02. The minimum atomic E-state index is -3.32. The number of ether oxygens (including phenoxy) is 1. The molecule has 14 heavy (non-hydrogen) atoms. The molecule has 0 aliphatic rings. The number of hydrogen-bond acceptors (Lipinski definition) is 3. The fraction of sp³-hybridized carbons (Fsp3) is 1.00. The van der Waals surface area contributed by atoms with E-state index in [1.807, 2.05) is 0 Å². The molecule has 0 saturated heterocycles. The molecule has 86 valence electrons. The second-order valence-corrected chi connectivity index (χ2v) is 5.42. The molecule has 0 aromatic carbocycles. The molecule has 0 aromatic rings. The van der Waals surface area contributed by atoms with Crippen LogP contribution in [0.1, 0.15) is 33.1 Å². The van der Waals surface area contributed by atoms with E-state index in [2.05, 4.69) is 13.8 Å². The van der Waals surface area contributed by atoms with Crippen LogP contribution in [0.2, 0.25) is 0 Å². The number of nitrogens with two attached hydrogens (primary N) is 1. The fourth-order valence-electron chi connectivity index (χ4n) is 1.22. The Balaban J connectivity index is 3.30. The molecule has 0 amide bonds. The van der Waals surface area contributed by atoms with E-state index in [1.165, 1.54) is 0 Å². The summed E-state index contributed by atoms with van der Waals surface area (Å²) in [6.45, 7) is 5.45. The quantitative estimate of drug-likeness (QED) is 0.627. The van der Waals surface area contributed by atoms with Gasteiger partial charge in [0.15, 0.2) is 0 Å². The summed E-state index contributed by atoms with van der Waals surface area (Å²) >= 11 is 0. The van der Waals surface area contributed by atoms with E-state index >= 15 is 0 Å². The van der Waals surface area contributed by atoms with E-state index in [-0.39, 0.29) is 5.75 Å². The minimum absolute atomic E-state index is 0.00909. The topological polar surface area (TPSA) is 69.4 Å².